The summed E-state index contributed by atoms with van der Waals surface area (Å²) in [5.74, 6) is -2.59. The molecule has 1 unspecified atom stereocenters. The van der Waals surface area contributed by atoms with Crippen LogP contribution >= 0.6 is 0 Å². The van der Waals surface area contributed by atoms with Crippen molar-refractivity contribution < 1.29 is 31.8 Å². The number of hydrogen-bond donors (Lipinski definition) is 0. The molecule has 0 aromatic rings. The predicted molar refractivity (Wildman–Crippen MR) is 25.3 cm³/mol. The van der Waals surface area contributed by atoms with Gasteiger partial charge < -0.3 is 0 Å². The van der Waals surface area contributed by atoms with Gasteiger partial charge in [-0.25, -0.2) is 9.18 Å². The number of alkyl halides is 4. The van der Waals surface area contributed by atoms with Crippen LogP contribution in [0, 0.1) is 0 Å². The molecule has 0 rings (SSSR count). The first-order valence-corrected chi connectivity index (χ1v) is 1.93. The summed E-state index contributed by atoms with van der Waals surface area (Å²) < 4.78 is 55.2. The normalized spacial score (nSPS) is 13.2. The number of carbonyl (C=O) groups excluding carboxylic acids is 1. The van der Waals surface area contributed by atoms with Crippen LogP contribution in [0.3, 0.4) is 0 Å². The zero-order valence-electron chi connectivity index (χ0n) is 4.28. The molecule has 0 amide bonds. The van der Waals surface area contributed by atoms with Gasteiger partial charge in [-0.1, -0.05) is 0 Å². The minimum absolute atomic E-state index is 0. The van der Waals surface area contributed by atoms with E-state index in [1.165, 1.54) is 0 Å². The van der Waals surface area contributed by atoms with Gasteiger partial charge in [0.2, 0.25) is 0 Å². The van der Waals surface area contributed by atoms with Crippen molar-refractivity contribution in [1.82, 2.24) is 0 Å². The Morgan fingerprint density at radius 2 is 1.73 bits per heavy atom. The van der Waals surface area contributed by atoms with Gasteiger partial charge in [0, 0.05) is 4.53 Å². The van der Waals surface area contributed by atoms with Crippen molar-refractivity contribution in [3.05, 3.63) is 0 Å². The summed E-state index contributed by atoms with van der Waals surface area (Å²) in [6.07, 6.45) is -9.30. The Hall–Kier alpha value is 0.756. The van der Waals surface area contributed by atoms with Crippen LogP contribution < -0.4 is 0 Å². The molecule has 0 spiro atoms. The third-order valence-corrected chi connectivity index (χ3v) is 0.570. The predicted octanol–water partition coefficient (Wildman–Crippen LogP) is 0.666. The van der Waals surface area contributed by atoms with Crippen LogP contribution in [0.5, 0.6) is 0 Å². The van der Waals surface area contributed by atoms with Crippen LogP contribution in [0.2, 0.25) is 0 Å². The fourth-order valence-corrected chi connectivity index (χ4v) is 0.173. The average molecular weight is 204 g/mol. The second-order valence-corrected chi connectivity index (χ2v) is 1.30. The summed E-state index contributed by atoms with van der Waals surface area (Å²) in [6.45, 7) is 0. The summed E-state index contributed by atoms with van der Waals surface area (Å²) >= 11 is 0. The van der Waals surface area contributed by atoms with E-state index >= 15 is 0 Å². The molecule has 1 atom stereocenters. The molecule has 8 heteroatoms. The Kier molecular flexibility index (Phi) is 7.03. The molecule has 0 aromatic carbocycles. The quantitative estimate of drug-likeness (QED) is 0.463. The molecule has 0 radical (unpaired) electrons. The van der Waals surface area contributed by atoms with Gasteiger partial charge in [0.05, 0.1) is 0 Å². The average Bonchev–Trinajstić information content (AvgIpc) is 1.83. The molecule has 0 saturated carbocycles. The molecule has 0 saturated heterocycles. The Balaban J connectivity index is 0. The number of hydrogen-bond acceptors (Lipinski definition) is 2. The van der Waals surface area contributed by atoms with Crippen LogP contribution in [0.15, 0.2) is 0 Å². The van der Waals surface area contributed by atoms with Gasteiger partial charge in [0.1, 0.15) is 0 Å². The van der Waals surface area contributed by atoms with Crippen molar-refractivity contribution in [2.45, 2.75) is 12.3 Å². The van der Waals surface area contributed by atoms with Crippen LogP contribution in [-0.2, 0) is 9.74 Å². The van der Waals surface area contributed by atoms with Gasteiger partial charge >= 0.3 is 63.5 Å². The van der Waals surface area contributed by atoms with Crippen molar-refractivity contribution in [1.29, 1.82) is 0 Å². The standard InChI is InChI=1S/C3HF5O2.K.H/c4-1(2(9)10-8)3(5,6)7;;/h1H;;. The Bertz CT molecular complexity index is 134. The van der Waals surface area contributed by atoms with Crippen LogP contribution in [0.25, 0.3) is 0 Å². The first-order chi connectivity index (χ1) is 4.39. The third-order valence-electron chi connectivity index (χ3n) is 0.570. The minimum atomic E-state index is -5.40. The summed E-state index contributed by atoms with van der Waals surface area (Å²) in [6, 6.07) is 0. The second kappa shape index (κ2) is 5.41. The van der Waals surface area contributed by atoms with Crippen molar-refractivity contribution in [3.8, 4) is 0 Å². The molecular weight excluding hydrogens is 202 g/mol. The van der Waals surface area contributed by atoms with Crippen molar-refractivity contribution >= 4 is 57.4 Å². The molecule has 2 nitrogen and oxygen atoms in total. The van der Waals surface area contributed by atoms with Crippen molar-refractivity contribution in [2.24, 2.45) is 0 Å². The van der Waals surface area contributed by atoms with Gasteiger partial charge in [-0.05, 0) is 0 Å². The van der Waals surface area contributed by atoms with Gasteiger partial charge in [-0.3, -0.25) is 4.94 Å². The summed E-state index contributed by atoms with van der Waals surface area (Å²) in [5, 5.41) is 0. The van der Waals surface area contributed by atoms with E-state index in [0.29, 0.717) is 0 Å². The molecule has 11 heavy (non-hydrogen) atoms. The first-order valence-electron chi connectivity index (χ1n) is 1.93. The van der Waals surface area contributed by atoms with E-state index in [9.17, 15) is 26.9 Å². The third kappa shape index (κ3) is 5.07. The van der Waals surface area contributed by atoms with Gasteiger partial charge in [0.25, 0.3) is 6.17 Å². The number of rotatable bonds is 1. The molecule has 0 aliphatic carbocycles. The molecule has 0 aliphatic rings. The van der Waals surface area contributed by atoms with E-state index in [4.69, 9.17) is 0 Å². The zero-order chi connectivity index (χ0) is 8.36. The Morgan fingerprint density at radius 3 is 1.82 bits per heavy atom. The second-order valence-electron chi connectivity index (χ2n) is 1.30. The van der Waals surface area contributed by atoms with Crippen molar-refractivity contribution in [3.63, 3.8) is 0 Å². The number of halogens is 5. The summed E-state index contributed by atoms with van der Waals surface area (Å²) in [7, 11) is 0. The molecule has 0 aromatic heterocycles. The summed E-state index contributed by atoms with van der Waals surface area (Å²) in [4.78, 5) is 11.5. The van der Waals surface area contributed by atoms with E-state index in [-0.39, 0.29) is 51.4 Å². The molecular formula is C3H2F5KO2. The molecule has 0 fully saturated rings. The molecule has 62 valence electrons. The monoisotopic (exact) mass is 204 g/mol. The fraction of sp³-hybridized carbons (Fsp3) is 0.667. The zero-order valence-corrected chi connectivity index (χ0v) is 4.28. The van der Waals surface area contributed by atoms with E-state index in [1.54, 1.807) is 0 Å². The van der Waals surface area contributed by atoms with E-state index in [0.717, 1.165) is 0 Å². The molecule has 0 aliphatic heterocycles. The van der Waals surface area contributed by atoms with Crippen molar-refractivity contribution in [2.75, 3.05) is 0 Å². The molecule has 0 bridgehead atoms. The Labute approximate surface area is 100 Å². The van der Waals surface area contributed by atoms with Crippen LogP contribution in [-0.4, -0.2) is 69.7 Å². The van der Waals surface area contributed by atoms with Gasteiger partial charge in [-0.2, -0.15) is 13.2 Å². The van der Waals surface area contributed by atoms with E-state index in [1.807, 2.05) is 4.94 Å². The number of carbonyl (C=O) groups is 1. The maximum absolute atomic E-state index is 11.5. The van der Waals surface area contributed by atoms with Gasteiger partial charge in [-0.15, -0.1) is 0 Å². The van der Waals surface area contributed by atoms with E-state index < -0.39 is 18.3 Å². The van der Waals surface area contributed by atoms with E-state index in [2.05, 4.69) is 0 Å². The van der Waals surface area contributed by atoms with Crippen LogP contribution in [0.1, 0.15) is 0 Å². The molecule has 0 heterocycles. The summed E-state index contributed by atoms with van der Waals surface area (Å²) in [5.41, 5.74) is 0. The fourth-order valence-electron chi connectivity index (χ4n) is 0.173. The topological polar surface area (TPSA) is 26.3 Å². The van der Waals surface area contributed by atoms with Gasteiger partial charge in [0.15, 0.2) is 0 Å². The van der Waals surface area contributed by atoms with Crippen LogP contribution in [0.4, 0.5) is 22.1 Å². The first kappa shape index (κ1) is 14.3. The SMILES string of the molecule is O=C(OF)C(F)C(F)(F)F.[KH]. The molecule has 0 N–H and O–H groups in total. The Morgan fingerprint density at radius 1 is 1.36 bits per heavy atom. The maximum atomic E-state index is 11.5.